The third-order valence-corrected chi connectivity index (χ3v) is 5.94. The predicted molar refractivity (Wildman–Crippen MR) is 128 cm³/mol. The smallest absolute Gasteiger partial charge is 0.328 e. The van der Waals surface area contributed by atoms with Crippen molar-refractivity contribution in [3.8, 4) is 11.5 Å². The van der Waals surface area contributed by atoms with Crippen LogP contribution in [0.2, 0.25) is 0 Å². The molecule has 33 heavy (non-hydrogen) atoms. The second kappa shape index (κ2) is 9.90. The van der Waals surface area contributed by atoms with Gasteiger partial charge < -0.3 is 25.2 Å². The van der Waals surface area contributed by atoms with Gasteiger partial charge in [0.05, 0.1) is 31.0 Å². The molecule has 1 aromatic carbocycles. The first kappa shape index (κ1) is 24.1. The minimum Gasteiger partial charge on any atom is -0.493 e. The molecule has 3 N–H and O–H groups in total. The Morgan fingerprint density at radius 1 is 1.33 bits per heavy atom. The van der Waals surface area contributed by atoms with Crippen LogP contribution in [-0.2, 0) is 9.84 Å². The van der Waals surface area contributed by atoms with Gasteiger partial charge in [-0.2, -0.15) is 0 Å². The lowest BCUT2D eigenvalue weighted by Gasteiger charge is -2.20. The van der Waals surface area contributed by atoms with E-state index in [0.29, 0.717) is 40.3 Å². The number of fused-ring (bicyclic) bond motifs is 1. The van der Waals surface area contributed by atoms with Crippen molar-refractivity contribution in [2.75, 3.05) is 32.8 Å². The largest absolute Gasteiger partial charge is 0.493 e. The summed E-state index contributed by atoms with van der Waals surface area (Å²) in [7, 11) is -0.274. The number of H-pyrrole nitrogens is 1. The van der Waals surface area contributed by atoms with Gasteiger partial charge in [-0.15, -0.1) is 0 Å². The Morgan fingerprint density at radius 3 is 2.70 bits per heavy atom. The maximum atomic E-state index is 13.1. The molecule has 1 atom stereocenters. The van der Waals surface area contributed by atoms with Crippen LogP contribution in [0.5, 0.6) is 11.5 Å². The molecule has 0 saturated heterocycles. The number of pyridine rings is 1. The molecule has 0 aliphatic heterocycles. The van der Waals surface area contributed by atoms with Gasteiger partial charge in [0.2, 0.25) is 0 Å². The van der Waals surface area contributed by atoms with Crippen LogP contribution in [0.25, 0.3) is 16.7 Å². The number of imidazole rings is 1. The summed E-state index contributed by atoms with van der Waals surface area (Å²) in [5, 5.41) is 10.6. The molecule has 10 nitrogen and oxygen atoms in total. The molecule has 0 spiro atoms. The van der Waals surface area contributed by atoms with E-state index in [-0.39, 0.29) is 11.4 Å². The van der Waals surface area contributed by atoms with Crippen molar-refractivity contribution in [1.82, 2.24) is 19.9 Å². The summed E-state index contributed by atoms with van der Waals surface area (Å²) in [5.74, 6) is 0.617. The fraction of sp³-hybridized carbons (Fsp3) is 0.318. The van der Waals surface area contributed by atoms with Crippen molar-refractivity contribution in [3.63, 3.8) is 0 Å². The quantitative estimate of drug-likeness (QED) is 0.383. The molecule has 0 radical (unpaired) electrons. The molecule has 2 aromatic heterocycles. The van der Waals surface area contributed by atoms with Crippen LogP contribution >= 0.6 is 0 Å². The second-order valence-electron chi connectivity index (χ2n) is 7.34. The number of hydrogen-bond donors (Lipinski definition) is 3. The molecule has 0 amide bonds. The second-order valence-corrected chi connectivity index (χ2v) is 9.53. The number of ether oxygens (including phenoxy) is 2. The number of aromatic nitrogens is 3. The maximum Gasteiger partial charge on any atom is 0.328 e. The summed E-state index contributed by atoms with van der Waals surface area (Å²) in [6.07, 6.45) is 5.43. The number of nitrogens with one attached hydrogen (secondary N) is 3. The van der Waals surface area contributed by atoms with Crippen LogP contribution in [0, 0.1) is 5.41 Å². The van der Waals surface area contributed by atoms with Gasteiger partial charge in [0.1, 0.15) is 9.84 Å². The van der Waals surface area contributed by atoms with E-state index in [1.165, 1.54) is 17.9 Å². The SMILES string of the molecule is CCOc1cc([C@@H](CS(C)(=O)=O)n2c(=O)[nH]c3c(/C(C=N)=C/NC)ccnc32)ccc1OC. The lowest BCUT2D eigenvalue weighted by atomic mass is 10.1. The fourth-order valence-electron chi connectivity index (χ4n) is 3.68. The topological polar surface area (TPSA) is 139 Å². The van der Waals surface area contributed by atoms with Crippen molar-refractivity contribution in [3.05, 3.63) is 58.3 Å². The predicted octanol–water partition coefficient (Wildman–Crippen LogP) is 1.98. The normalized spacial score (nSPS) is 13.0. The number of hydrogen-bond acceptors (Lipinski definition) is 8. The lowest BCUT2D eigenvalue weighted by molar-refractivity contribution is 0.310. The Kier molecular flexibility index (Phi) is 7.22. The van der Waals surface area contributed by atoms with E-state index >= 15 is 0 Å². The van der Waals surface area contributed by atoms with Crippen LogP contribution < -0.4 is 20.5 Å². The molecule has 176 valence electrons. The third kappa shape index (κ3) is 5.08. The highest BCUT2D eigenvalue weighted by Crippen LogP contribution is 2.33. The average molecular weight is 474 g/mol. The molecular formula is C22H27N5O5S. The summed E-state index contributed by atoms with van der Waals surface area (Å²) in [4.78, 5) is 20.3. The van der Waals surface area contributed by atoms with Gasteiger partial charge in [-0.3, -0.25) is 4.57 Å². The van der Waals surface area contributed by atoms with Crippen LogP contribution in [0.15, 0.2) is 41.5 Å². The van der Waals surface area contributed by atoms with Gasteiger partial charge in [-0.25, -0.2) is 18.2 Å². The lowest BCUT2D eigenvalue weighted by Crippen LogP contribution is -2.28. The number of benzene rings is 1. The first-order chi connectivity index (χ1) is 15.7. The third-order valence-electron chi connectivity index (χ3n) is 5.02. The highest BCUT2D eigenvalue weighted by atomic mass is 32.2. The van der Waals surface area contributed by atoms with E-state index < -0.39 is 21.6 Å². The maximum absolute atomic E-state index is 13.1. The number of aromatic amines is 1. The van der Waals surface area contributed by atoms with Gasteiger partial charge in [0.15, 0.2) is 17.1 Å². The highest BCUT2D eigenvalue weighted by Gasteiger charge is 2.26. The molecule has 0 aliphatic rings. The zero-order chi connectivity index (χ0) is 24.2. The van der Waals surface area contributed by atoms with E-state index in [9.17, 15) is 13.2 Å². The summed E-state index contributed by atoms with van der Waals surface area (Å²) in [6.45, 7) is 2.22. The van der Waals surface area contributed by atoms with Gasteiger partial charge in [0, 0.05) is 43.1 Å². The highest BCUT2D eigenvalue weighted by molar-refractivity contribution is 7.90. The van der Waals surface area contributed by atoms with Crippen molar-refractivity contribution in [1.29, 1.82) is 5.41 Å². The van der Waals surface area contributed by atoms with E-state index in [1.54, 1.807) is 37.5 Å². The summed E-state index contributed by atoms with van der Waals surface area (Å²) in [6, 6.07) is 5.87. The van der Waals surface area contributed by atoms with Crippen LogP contribution in [0.1, 0.15) is 24.1 Å². The number of rotatable bonds is 10. The molecular weight excluding hydrogens is 446 g/mol. The Bertz CT molecular complexity index is 1360. The Labute approximate surface area is 191 Å². The molecule has 2 heterocycles. The molecule has 0 saturated carbocycles. The zero-order valence-corrected chi connectivity index (χ0v) is 19.7. The van der Waals surface area contributed by atoms with Gasteiger partial charge >= 0.3 is 5.69 Å². The van der Waals surface area contributed by atoms with E-state index in [0.717, 1.165) is 12.5 Å². The van der Waals surface area contributed by atoms with E-state index in [2.05, 4.69) is 15.3 Å². The monoisotopic (exact) mass is 473 g/mol. The first-order valence-corrected chi connectivity index (χ1v) is 12.3. The zero-order valence-electron chi connectivity index (χ0n) is 18.9. The molecule has 11 heteroatoms. The first-order valence-electron chi connectivity index (χ1n) is 10.2. The average Bonchev–Trinajstić information content (AvgIpc) is 3.11. The minimum atomic E-state index is -3.49. The molecule has 0 bridgehead atoms. The Balaban J connectivity index is 2.29. The van der Waals surface area contributed by atoms with Gasteiger partial charge in [-0.1, -0.05) is 6.07 Å². The Hall–Kier alpha value is -3.60. The fourth-order valence-corrected chi connectivity index (χ4v) is 4.59. The summed E-state index contributed by atoms with van der Waals surface area (Å²) >= 11 is 0. The van der Waals surface area contributed by atoms with E-state index in [1.807, 2.05) is 6.92 Å². The summed E-state index contributed by atoms with van der Waals surface area (Å²) in [5.41, 5.74) is 1.84. The van der Waals surface area contributed by atoms with Crippen LogP contribution in [0.3, 0.4) is 0 Å². The summed E-state index contributed by atoms with van der Waals surface area (Å²) < 4.78 is 37.0. The van der Waals surface area contributed by atoms with Crippen molar-refractivity contribution in [2.45, 2.75) is 13.0 Å². The number of sulfone groups is 1. The van der Waals surface area contributed by atoms with Crippen molar-refractivity contribution >= 4 is 32.8 Å². The number of nitrogens with zero attached hydrogens (tertiary/aromatic N) is 2. The standard InChI is InChI=1S/C22H27N5O5S/c1-5-32-19-10-14(6-7-18(19)31-3)17(13-33(4,29)30)27-21-20(26-22(27)28)16(8-9-25-21)15(11-23)12-24-2/h6-12,17,23-24H,5,13H2,1-4H3,(H,26,28)/b15-12+,23-11?/t17-/m1/s1. The van der Waals surface area contributed by atoms with Crippen LogP contribution in [-0.4, -0.2) is 61.9 Å². The van der Waals surface area contributed by atoms with Crippen molar-refractivity contribution < 1.29 is 17.9 Å². The van der Waals surface area contributed by atoms with Gasteiger partial charge in [0.25, 0.3) is 0 Å². The Morgan fingerprint density at radius 2 is 2.09 bits per heavy atom. The van der Waals surface area contributed by atoms with Crippen molar-refractivity contribution in [2.24, 2.45) is 0 Å². The van der Waals surface area contributed by atoms with Crippen LogP contribution in [0.4, 0.5) is 0 Å². The number of allylic oxidation sites excluding steroid dienone is 1. The molecule has 0 fully saturated rings. The molecule has 3 aromatic rings. The minimum absolute atomic E-state index is 0.281. The van der Waals surface area contributed by atoms with Gasteiger partial charge in [-0.05, 0) is 30.7 Å². The number of methoxy groups -OCH3 is 1. The molecule has 0 unspecified atom stereocenters. The molecule has 3 rings (SSSR count). The molecule has 0 aliphatic carbocycles. The van der Waals surface area contributed by atoms with E-state index in [4.69, 9.17) is 14.9 Å².